The number of nitrogens with zero attached hydrogens (tertiary/aromatic N) is 1. The summed E-state index contributed by atoms with van der Waals surface area (Å²) in [5.74, 6) is 0.458. The summed E-state index contributed by atoms with van der Waals surface area (Å²) in [5, 5.41) is 5.67. The second kappa shape index (κ2) is 10.5. The van der Waals surface area contributed by atoms with Crippen LogP contribution in [0.3, 0.4) is 0 Å². The monoisotopic (exact) mass is 425 g/mol. The number of piperidine rings is 1. The number of hydrogen-bond acceptors (Lipinski definition) is 5. The molecule has 0 spiro atoms. The number of amides is 3. The van der Waals surface area contributed by atoms with Crippen molar-refractivity contribution in [2.75, 3.05) is 33.9 Å². The Kier molecular flexibility index (Phi) is 7.48. The van der Waals surface area contributed by atoms with Gasteiger partial charge in [0.1, 0.15) is 0 Å². The Labute approximate surface area is 181 Å². The van der Waals surface area contributed by atoms with Crippen LogP contribution in [0.2, 0.25) is 0 Å². The first kappa shape index (κ1) is 22.1. The van der Waals surface area contributed by atoms with Crippen LogP contribution in [-0.2, 0) is 4.79 Å². The average Bonchev–Trinajstić information content (AvgIpc) is 2.82. The molecule has 1 saturated heterocycles. The van der Waals surface area contributed by atoms with Gasteiger partial charge in [0, 0.05) is 30.3 Å². The molecule has 2 N–H and O–H groups in total. The van der Waals surface area contributed by atoms with E-state index in [4.69, 9.17) is 9.47 Å². The molecule has 0 unspecified atom stereocenters. The largest absolute Gasteiger partial charge is 0.493 e. The molecule has 0 saturated carbocycles. The van der Waals surface area contributed by atoms with Gasteiger partial charge in [-0.2, -0.15) is 0 Å². The van der Waals surface area contributed by atoms with Crippen molar-refractivity contribution in [3.63, 3.8) is 0 Å². The summed E-state index contributed by atoms with van der Waals surface area (Å²) in [4.78, 5) is 38.8. The van der Waals surface area contributed by atoms with E-state index in [2.05, 4.69) is 10.6 Å². The minimum absolute atomic E-state index is 0.0245. The zero-order valence-electron chi connectivity index (χ0n) is 17.7. The molecule has 3 amide bonds. The Balaban J connectivity index is 1.45. The number of carbonyl (C=O) groups is 3. The third kappa shape index (κ3) is 5.75. The smallest absolute Gasteiger partial charge is 0.251 e. The standard InChI is InChI=1S/C23H27N3O5/c1-30-19-9-8-17(14-20(19)31-2)23(29)25-18-10-12-26(13-11-18)21(27)15-24-22(28)16-6-4-3-5-7-16/h3-9,14,18H,10-13,15H2,1-2H3,(H,24,28)(H,25,29). The predicted molar refractivity (Wildman–Crippen MR) is 115 cm³/mol. The van der Waals surface area contributed by atoms with E-state index in [1.807, 2.05) is 6.07 Å². The highest BCUT2D eigenvalue weighted by Crippen LogP contribution is 2.27. The maximum Gasteiger partial charge on any atom is 0.251 e. The molecule has 1 heterocycles. The molecule has 0 radical (unpaired) electrons. The molecule has 0 aliphatic carbocycles. The first-order chi connectivity index (χ1) is 15.0. The van der Waals surface area contributed by atoms with Crippen molar-refractivity contribution in [1.82, 2.24) is 15.5 Å². The van der Waals surface area contributed by atoms with Crippen LogP contribution in [0.1, 0.15) is 33.6 Å². The fraction of sp³-hybridized carbons (Fsp3) is 0.348. The summed E-state index contributed by atoms with van der Waals surface area (Å²) < 4.78 is 10.4. The lowest BCUT2D eigenvalue weighted by molar-refractivity contribution is -0.131. The van der Waals surface area contributed by atoms with Crippen molar-refractivity contribution in [3.8, 4) is 11.5 Å². The van der Waals surface area contributed by atoms with E-state index in [1.54, 1.807) is 54.5 Å². The van der Waals surface area contributed by atoms with Crippen LogP contribution in [0, 0.1) is 0 Å². The van der Waals surface area contributed by atoms with Crippen LogP contribution < -0.4 is 20.1 Å². The molecular weight excluding hydrogens is 398 g/mol. The predicted octanol–water partition coefficient (Wildman–Crippen LogP) is 1.85. The van der Waals surface area contributed by atoms with Crippen molar-refractivity contribution in [3.05, 3.63) is 59.7 Å². The zero-order chi connectivity index (χ0) is 22.2. The Morgan fingerprint density at radius 2 is 1.58 bits per heavy atom. The summed E-state index contributed by atoms with van der Waals surface area (Å²) >= 11 is 0. The van der Waals surface area contributed by atoms with Crippen molar-refractivity contribution >= 4 is 17.7 Å². The minimum atomic E-state index is -0.272. The molecule has 1 fully saturated rings. The first-order valence-electron chi connectivity index (χ1n) is 10.2. The van der Waals surface area contributed by atoms with Gasteiger partial charge in [0.15, 0.2) is 11.5 Å². The Bertz CT molecular complexity index is 924. The summed E-state index contributed by atoms with van der Waals surface area (Å²) in [7, 11) is 3.06. The van der Waals surface area contributed by atoms with Gasteiger partial charge in [-0.3, -0.25) is 14.4 Å². The molecule has 1 aliphatic heterocycles. The van der Waals surface area contributed by atoms with Gasteiger partial charge >= 0.3 is 0 Å². The van der Waals surface area contributed by atoms with Gasteiger partial charge < -0.3 is 25.0 Å². The fourth-order valence-electron chi connectivity index (χ4n) is 3.48. The number of hydrogen-bond donors (Lipinski definition) is 2. The van der Waals surface area contributed by atoms with Gasteiger partial charge in [0.25, 0.3) is 11.8 Å². The maximum atomic E-state index is 12.6. The number of rotatable bonds is 7. The minimum Gasteiger partial charge on any atom is -0.493 e. The highest BCUT2D eigenvalue weighted by molar-refractivity contribution is 5.96. The molecule has 31 heavy (non-hydrogen) atoms. The van der Waals surface area contributed by atoms with E-state index < -0.39 is 0 Å². The van der Waals surface area contributed by atoms with Crippen molar-refractivity contribution < 1.29 is 23.9 Å². The molecule has 0 bridgehead atoms. The van der Waals surface area contributed by atoms with E-state index in [1.165, 1.54) is 7.11 Å². The van der Waals surface area contributed by atoms with Crippen molar-refractivity contribution in [2.24, 2.45) is 0 Å². The lowest BCUT2D eigenvalue weighted by Crippen LogP contribution is -2.49. The van der Waals surface area contributed by atoms with Crippen LogP contribution >= 0.6 is 0 Å². The van der Waals surface area contributed by atoms with E-state index >= 15 is 0 Å². The van der Waals surface area contributed by atoms with Gasteiger partial charge in [0.05, 0.1) is 20.8 Å². The molecule has 8 heteroatoms. The summed E-state index contributed by atoms with van der Waals surface area (Å²) in [5.41, 5.74) is 1.01. The Morgan fingerprint density at radius 1 is 0.903 bits per heavy atom. The van der Waals surface area contributed by atoms with Gasteiger partial charge in [-0.15, -0.1) is 0 Å². The van der Waals surface area contributed by atoms with Crippen LogP contribution in [0.15, 0.2) is 48.5 Å². The summed E-state index contributed by atoms with van der Waals surface area (Å²) in [6.45, 7) is 1.00. The molecule has 0 atom stereocenters. The average molecular weight is 425 g/mol. The summed E-state index contributed by atoms with van der Waals surface area (Å²) in [6.07, 6.45) is 1.30. The maximum absolute atomic E-state index is 12.6. The molecule has 0 aromatic heterocycles. The molecule has 3 rings (SSSR count). The second-order valence-electron chi connectivity index (χ2n) is 7.25. The molecule has 164 valence electrons. The molecule has 2 aromatic carbocycles. The quantitative estimate of drug-likeness (QED) is 0.706. The van der Waals surface area contributed by atoms with Crippen LogP contribution in [-0.4, -0.2) is 62.5 Å². The number of ether oxygens (including phenoxy) is 2. The fourth-order valence-corrected chi connectivity index (χ4v) is 3.48. The number of nitrogens with one attached hydrogen (secondary N) is 2. The van der Waals surface area contributed by atoms with Crippen LogP contribution in [0.4, 0.5) is 0 Å². The van der Waals surface area contributed by atoms with Crippen LogP contribution in [0.25, 0.3) is 0 Å². The number of methoxy groups -OCH3 is 2. The van der Waals surface area contributed by atoms with E-state index in [0.29, 0.717) is 48.6 Å². The van der Waals surface area contributed by atoms with Gasteiger partial charge in [-0.05, 0) is 43.2 Å². The third-order valence-electron chi connectivity index (χ3n) is 5.26. The molecule has 2 aromatic rings. The Morgan fingerprint density at radius 3 is 2.23 bits per heavy atom. The molecular formula is C23H27N3O5. The molecule has 8 nitrogen and oxygen atoms in total. The van der Waals surface area contributed by atoms with Crippen LogP contribution in [0.5, 0.6) is 11.5 Å². The van der Waals surface area contributed by atoms with E-state index in [-0.39, 0.29) is 30.3 Å². The topological polar surface area (TPSA) is 97.0 Å². The van der Waals surface area contributed by atoms with Gasteiger partial charge in [-0.1, -0.05) is 18.2 Å². The van der Waals surface area contributed by atoms with Gasteiger partial charge in [-0.25, -0.2) is 0 Å². The van der Waals surface area contributed by atoms with Crippen molar-refractivity contribution in [2.45, 2.75) is 18.9 Å². The van der Waals surface area contributed by atoms with E-state index in [9.17, 15) is 14.4 Å². The van der Waals surface area contributed by atoms with Gasteiger partial charge in [0.2, 0.25) is 5.91 Å². The van der Waals surface area contributed by atoms with Crippen molar-refractivity contribution in [1.29, 1.82) is 0 Å². The number of likely N-dealkylation sites (tertiary alicyclic amines) is 1. The summed E-state index contributed by atoms with van der Waals surface area (Å²) in [6, 6.07) is 13.8. The SMILES string of the molecule is COc1ccc(C(=O)NC2CCN(C(=O)CNC(=O)c3ccccc3)CC2)cc1OC. The normalized spacial score (nSPS) is 13.9. The second-order valence-corrected chi connectivity index (χ2v) is 7.25. The third-order valence-corrected chi connectivity index (χ3v) is 5.26. The molecule has 1 aliphatic rings. The highest BCUT2D eigenvalue weighted by Gasteiger charge is 2.24. The lowest BCUT2D eigenvalue weighted by Gasteiger charge is -2.32. The Hall–Kier alpha value is -3.55. The first-order valence-corrected chi connectivity index (χ1v) is 10.2. The number of benzene rings is 2. The lowest BCUT2D eigenvalue weighted by atomic mass is 10.0. The zero-order valence-corrected chi connectivity index (χ0v) is 17.7. The highest BCUT2D eigenvalue weighted by atomic mass is 16.5. The number of carbonyl (C=O) groups excluding carboxylic acids is 3. The van der Waals surface area contributed by atoms with E-state index in [0.717, 1.165) is 0 Å².